The zero-order chi connectivity index (χ0) is 8.43. The van der Waals surface area contributed by atoms with Crippen molar-refractivity contribution < 1.29 is 9.50 Å². The molecule has 0 bridgehead atoms. The summed E-state index contributed by atoms with van der Waals surface area (Å²) in [6.45, 7) is 6.52. The first-order chi connectivity index (χ1) is 5.16. The van der Waals surface area contributed by atoms with E-state index in [1.807, 2.05) is 0 Å². The van der Waals surface area contributed by atoms with Crippen LogP contribution < -0.4 is 5.73 Å². The Labute approximate surface area is 62.7 Å². The van der Waals surface area contributed by atoms with Crippen molar-refractivity contribution >= 4 is 11.4 Å². The Bertz CT molecular complexity index is 330. The Balaban J connectivity index is 3.44. The minimum Gasteiger partial charge on any atom is -0.506 e. The normalized spacial score (nSPS) is 9.09. The summed E-state index contributed by atoms with van der Waals surface area (Å²) < 4.78 is 12.7. The van der Waals surface area contributed by atoms with Crippen molar-refractivity contribution in [1.82, 2.24) is 0 Å². The number of aromatic hydroxyl groups is 1. The Morgan fingerprint density at radius 3 is 2.64 bits per heavy atom. The number of hydrogen-bond acceptors (Lipinski definition) is 2. The average Bonchev–Trinajstić information content (AvgIpc) is 1.99. The van der Waals surface area contributed by atoms with Gasteiger partial charge in [0, 0.05) is 5.69 Å². The van der Waals surface area contributed by atoms with Gasteiger partial charge >= 0.3 is 0 Å². The molecule has 0 aliphatic rings. The summed E-state index contributed by atoms with van der Waals surface area (Å²) in [6.07, 6.45) is 0. The third-order valence-corrected chi connectivity index (χ3v) is 1.24. The van der Waals surface area contributed by atoms with Crippen LogP contribution in [0.4, 0.5) is 15.8 Å². The molecule has 0 amide bonds. The molecule has 0 fully saturated rings. The van der Waals surface area contributed by atoms with Crippen molar-refractivity contribution in [1.29, 1.82) is 0 Å². The van der Waals surface area contributed by atoms with E-state index < -0.39 is 11.6 Å². The van der Waals surface area contributed by atoms with Crippen LogP contribution in [0.2, 0.25) is 0 Å². The third-order valence-electron chi connectivity index (χ3n) is 1.24. The van der Waals surface area contributed by atoms with Crippen molar-refractivity contribution in [3.05, 3.63) is 29.4 Å². The highest BCUT2D eigenvalue weighted by Crippen LogP contribution is 2.31. The molecular formula is C7H5FN2O. The van der Waals surface area contributed by atoms with Crippen LogP contribution >= 0.6 is 0 Å². The van der Waals surface area contributed by atoms with Gasteiger partial charge in [0.1, 0.15) is 5.75 Å². The van der Waals surface area contributed by atoms with Crippen LogP contribution in [0.25, 0.3) is 4.85 Å². The first-order valence-corrected chi connectivity index (χ1v) is 2.81. The van der Waals surface area contributed by atoms with E-state index in [4.69, 9.17) is 17.4 Å². The highest BCUT2D eigenvalue weighted by atomic mass is 19.1. The molecular weight excluding hydrogens is 147 g/mol. The van der Waals surface area contributed by atoms with E-state index in [0.29, 0.717) is 0 Å². The lowest BCUT2D eigenvalue weighted by Crippen LogP contribution is -1.87. The molecule has 0 aliphatic carbocycles. The number of phenols is 1. The fourth-order valence-corrected chi connectivity index (χ4v) is 0.682. The number of halogens is 1. The number of rotatable bonds is 0. The second kappa shape index (κ2) is 2.46. The number of benzene rings is 1. The van der Waals surface area contributed by atoms with Crippen molar-refractivity contribution in [3.63, 3.8) is 0 Å². The lowest BCUT2D eigenvalue weighted by molar-refractivity contribution is 0.434. The van der Waals surface area contributed by atoms with Crippen LogP contribution in [-0.4, -0.2) is 5.11 Å². The van der Waals surface area contributed by atoms with Crippen molar-refractivity contribution in [2.45, 2.75) is 0 Å². The van der Waals surface area contributed by atoms with Gasteiger partial charge in [-0.05, 0) is 12.1 Å². The average molecular weight is 152 g/mol. The van der Waals surface area contributed by atoms with Crippen LogP contribution in [0.5, 0.6) is 5.75 Å². The van der Waals surface area contributed by atoms with Gasteiger partial charge in [0.15, 0.2) is 5.82 Å². The number of nitrogens with zero attached hydrogens (tertiary/aromatic N) is 1. The van der Waals surface area contributed by atoms with Crippen LogP contribution in [0.3, 0.4) is 0 Å². The summed E-state index contributed by atoms with van der Waals surface area (Å²) in [7, 11) is 0. The smallest absolute Gasteiger partial charge is 0.247 e. The molecule has 0 saturated carbocycles. The van der Waals surface area contributed by atoms with E-state index in [1.165, 1.54) is 6.07 Å². The molecule has 0 unspecified atom stereocenters. The van der Waals surface area contributed by atoms with Gasteiger partial charge in [-0.3, -0.25) is 0 Å². The molecule has 11 heavy (non-hydrogen) atoms. The van der Waals surface area contributed by atoms with Crippen LogP contribution in [0.15, 0.2) is 12.1 Å². The molecule has 0 atom stereocenters. The van der Waals surface area contributed by atoms with Crippen molar-refractivity contribution in [2.75, 3.05) is 5.73 Å². The molecule has 1 aromatic carbocycles. The minimum absolute atomic E-state index is 0.0373. The van der Waals surface area contributed by atoms with Gasteiger partial charge in [0.05, 0.1) is 6.57 Å². The Morgan fingerprint density at radius 1 is 1.55 bits per heavy atom. The topological polar surface area (TPSA) is 50.6 Å². The van der Waals surface area contributed by atoms with Gasteiger partial charge in [0.2, 0.25) is 5.69 Å². The number of nitrogen functional groups attached to an aromatic ring is 1. The standard InChI is InChI=1S/C7H5FN2O/c1-10-7-4(9)2-3-5(11)6(7)8/h2-3,11H,9H2. The maximum absolute atomic E-state index is 12.7. The molecule has 3 nitrogen and oxygen atoms in total. The van der Waals surface area contributed by atoms with E-state index in [9.17, 15) is 4.39 Å². The summed E-state index contributed by atoms with van der Waals surface area (Å²) >= 11 is 0. The SMILES string of the molecule is [C-]#[N+]c1c(N)ccc(O)c1F. The quantitative estimate of drug-likeness (QED) is 0.337. The van der Waals surface area contributed by atoms with E-state index in [-0.39, 0.29) is 11.4 Å². The maximum atomic E-state index is 12.7. The van der Waals surface area contributed by atoms with Crippen LogP contribution in [0, 0.1) is 12.4 Å². The summed E-state index contributed by atoms with van der Waals surface area (Å²) in [6, 6.07) is 2.39. The van der Waals surface area contributed by atoms with Crippen molar-refractivity contribution in [3.8, 4) is 5.75 Å². The lowest BCUT2D eigenvalue weighted by Gasteiger charge is -1.99. The third kappa shape index (κ3) is 1.08. The predicted octanol–water partition coefficient (Wildman–Crippen LogP) is 1.66. The summed E-state index contributed by atoms with van der Waals surface area (Å²) in [5, 5.41) is 8.78. The molecule has 0 aliphatic heterocycles. The van der Waals surface area contributed by atoms with E-state index in [2.05, 4.69) is 4.85 Å². The minimum atomic E-state index is -0.958. The fourth-order valence-electron chi connectivity index (χ4n) is 0.682. The molecule has 4 heteroatoms. The summed E-state index contributed by atoms with van der Waals surface area (Å²) in [4.78, 5) is 2.82. The number of phenolic OH excluding ortho intramolecular Hbond substituents is 1. The maximum Gasteiger partial charge on any atom is 0.247 e. The molecule has 1 aromatic rings. The fraction of sp³-hybridized carbons (Fsp3) is 0. The largest absolute Gasteiger partial charge is 0.506 e. The van der Waals surface area contributed by atoms with Crippen LogP contribution in [0.1, 0.15) is 0 Å². The van der Waals surface area contributed by atoms with Gasteiger partial charge in [0.25, 0.3) is 0 Å². The molecule has 0 spiro atoms. The number of nitrogens with two attached hydrogens (primary N) is 1. The zero-order valence-corrected chi connectivity index (χ0v) is 5.50. The highest BCUT2D eigenvalue weighted by Gasteiger charge is 2.09. The van der Waals surface area contributed by atoms with Crippen LogP contribution in [-0.2, 0) is 0 Å². The van der Waals surface area contributed by atoms with Gasteiger partial charge in [-0.25, -0.2) is 9.24 Å². The summed E-state index contributed by atoms with van der Waals surface area (Å²) in [5.41, 5.74) is 4.94. The molecule has 0 radical (unpaired) electrons. The second-order valence-corrected chi connectivity index (χ2v) is 1.95. The van der Waals surface area contributed by atoms with Gasteiger partial charge in [-0.2, -0.15) is 0 Å². The predicted molar refractivity (Wildman–Crippen MR) is 38.7 cm³/mol. The molecule has 56 valence electrons. The molecule has 0 aromatic heterocycles. The Morgan fingerprint density at radius 2 is 2.18 bits per heavy atom. The Hall–Kier alpha value is -1.76. The van der Waals surface area contributed by atoms with E-state index in [1.54, 1.807) is 0 Å². The zero-order valence-electron chi connectivity index (χ0n) is 5.50. The second-order valence-electron chi connectivity index (χ2n) is 1.95. The van der Waals surface area contributed by atoms with Gasteiger partial charge in [-0.15, -0.1) is 0 Å². The van der Waals surface area contributed by atoms with E-state index >= 15 is 0 Å². The molecule has 0 saturated heterocycles. The lowest BCUT2D eigenvalue weighted by atomic mass is 10.2. The van der Waals surface area contributed by atoms with Gasteiger partial charge < -0.3 is 10.8 Å². The molecule has 0 heterocycles. The summed E-state index contributed by atoms with van der Waals surface area (Å²) in [5.74, 6) is -1.51. The monoisotopic (exact) mass is 152 g/mol. The highest BCUT2D eigenvalue weighted by molar-refractivity contribution is 5.69. The molecule has 1 rings (SSSR count). The van der Waals surface area contributed by atoms with E-state index in [0.717, 1.165) is 6.07 Å². The van der Waals surface area contributed by atoms with Crippen molar-refractivity contribution in [2.24, 2.45) is 0 Å². The number of hydrogen-bond donors (Lipinski definition) is 2. The first kappa shape index (κ1) is 7.35. The van der Waals surface area contributed by atoms with Gasteiger partial charge in [-0.1, -0.05) is 0 Å². The Kier molecular flexibility index (Phi) is 1.65. The first-order valence-electron chi connectivity index (χ1n) is 2.81. The molecule has 3 N–H and O–H groups in total. The number of anilines is 1.